The molecule has 0 saturated carbocycles. The Kier molecular flexibility index (Phi) is 3.50. The van der Waals surface area contributed by atoms with Gasteiger partial charge in [0.05, 0.1) is 7.11 Å². The quantitative estimate of drug-likeness (QED) is 0.753. The lowest BCUT2D eigenvalue weighted by molar-refractivity contribution is 0.0992. The van der Waals surface area contributed by atoms with E-state index < -0.39 is 0 Å². The first-order valence-corrected chi connectivity index (χ1v) is 5.36. The molecule has 0 N–H and O–H groups in total. The number of aromatic nitrogens is 1. The van der Waals surface area contributed by atoms with E-state index >= 15 is 0 Å². The molecular weight excluding hydrogens is 214 g/mol. The number of carbonyl (C=O) groups excluding carboxylic acids is 1. The van der Waals surface area contributed by atoms with Gasteiger partial charge in [-0.1, -0.05) is 30.3 Å². The number of rotatable bonds is 4. The minimum atomic E-state index is 0.0666. The third-order valence-corrected chi connectivity index (χ3v) is 2.53. The number of hydrogen-bond acceptors (Lipinski definition) is 3. The van der Waals surface area contributed by atoms with Crippen molar-refractivity contribution in [3.63, 3.8) is 0 Å². The molecule has 0 unspecified atom stereocenters. The van der Waals surface area contributed by atoms with Crippen LogP contribution in [0.3, 0.4) is 0 Å². The lowest BCUT2D eigenvalue weighted by Crippen LogP contribution is -2.05. The van der Waals surface area contributed by atoms with E-state index in [1.54, 1.807) is 25.6 Å². The van der Waals surface area contributed by atoms with Crippen LogP contribution < -0.4 is 4.74 Å². The summed E-state index contributed by atoms with van der Waals surface area (Å²) < 4.78 is 5.19. The predicted octanol–water partition coefficient (Wildman–Crippen LogP) is 2.52. The summed E-state index contributed by atoms with van der Waals surface area (Å²) in [6.45, 7) is 0. The van der Waals surface area contributed by atoms with E-state index in [1.807, 2.05) is 30.3 Å². The van der Waals surface area contributed by atoms with Gasteiger partial charge in [-0.3, -0.25) is 9.78 Å². The number of ether oxygens (including phenoxy) is 1. The zero-order valence-corrected chi connectivity index (χ0v) is 9.59. The van der Waals surface area contributed by atoms with Gasteiger partial charge in [0.15, 0.2) is 5.78 Å². The van der Waals surface area contributed by atoms with Crippen LogP contribution in [0.5, 0.6) is 5.75 Å². The maximum Gasteiger partial charge on any atom is 0.167 e. The van der Waals surface area contributed by atoms with Crippen molar-refractivity contribution < 1.29 is 9.53 Å². The maximum atomic E-state index is 12.0. The molecule has 17 heavy (non-hydrogen) atoms. The molecule has 2 aromatic rings. The Hall–Kier alpha value is -2.16. The van der Waals surface area contributed by atoms with Crippen molar-refractivity contribution in [3.05, 3.63) is 59.9 Å². The van der Waals surface area contributed by atoms with Crippen LogP contribution >= 0.6 is 0 Å². The smallest absolute Gasteiger partial charge is 0.167 e. The lowest BCUT2D eigenvalue weighted by Gasteiger charge is -2.06. The van der Waals surface area contributed by atoms with E-state index in [-0.39, 0.29) is 5.78 Å². The number of Topliss-reactive ketones (excluding diaryl/α,β-unsaturated/α-hetero) is 1. The summed E-state index contributed by atoms with van der Waals surface area (Å²) in [5, 5.41) is 0. The Morgan fingerprint density at radius 1 is 1.24 bits per heavy atom. The Morgan fingerprint density at radius 3 is 2.71 bits per heavy atom. The molecule has 86 valence electrons. The number of nitrogens with zero attached hydrogens (tertiary/aromatic N) is 1. The van der Waals surface area contributed by atoms with E-state index in [1.165, 1.54) is 0 Å². The van der Waals surface area contributed by atoms with Crippen molar-refractivity contribution in [1.82, 2.24) is 4.98 Å². The summed E-state index contributed by atoms with van der Waals surface area (Å²) in [6, 6.07) is 11.0. The van der Waals surface area contributed by atoms with Crippen molar-refractivity contribution in [1.29, 1.82) is 0 Å². The van der Waals surface area contributed by atoms with Gasteiger partial charge in [0.2, 0.25) is 0 Å². The molecular formula is C14H13NO2. The normalized spacial score (nSPS) is 9.94. The van der Waals surface area contributed by atoms with Gasteiger partial charge in [-0.15, -0.1) is 0 Å². The largest absolute Gasteiger partial charge is 0.496 e. The van der Waals surface area contributed by atoms with Crippen molar-refractivity contribution in [2.75, 3.05) is 7.11 Å². The topological polar surface area (TPSA) is 39.2 Å². The molecule has 0 atom stereocenters. The van der Waals surface area contributed by atoms with Crippen molar-refractivity contribution in [2.45, 2.75) is 6.42 Å². The molecule has 0 aliphatic rings. The van der Waals surface area contributed by atoms with Gasteiger partial charge < -0.3 is 4.74 Å². The Morgan fingerprint density at radius 2 is 2.00 bits per heavy atom. The van der Waals surface area contributed by atoms with Crippen LogP contribution in [0, 0.1) is 0 Å². The SMILES string of the molecule is COc1ccncc1CC(=O)c1ccccc1. The molecule has 3 heteroatoms. The molecule has 1 heterocycles. The first-order chi connectivity index (χ1) is 8.31. The van der Waals surface area contributed by atoms with Crippen LogP contribution in [-0.2, 0) is 6.42 Å². The summed E-state index contributed by atoms with van der Waals surface area (Å²) in [5.74, 6) is 0.765. The molecule has 2 rings (SSSR count). The molecule has 0 aliphatic heterocycles. The first kappa shape index (κ1) is 11.3. The van der Waals surface area contributed by atoms with Gasteiger partial charge >= 0.3 is 0 Å². The van der Waals surface area contributed by atoms with Crippen LogP contribution in [0.25, 0.3) is 0 Å². The number of hydrogen-bond donors (Lipinski definition) is 0. The molecule has 0 aliphatic carbocycles. The molecule has 0 radical (unpaired) electrons. The van der Waals surface area contributed by atoms with Crippen molar-refractivity contribution in [3.8, 4) is 5.75 Å². The second kappa shape index (κ2) is 5.25. The number of ketones is 1. The van der Waals surface area contributed by atoms with E-state index in [9.17, 15) is 4.79 Å². The van der Waals surface area contributed by atoms with E-state index in [0.717, 1.165) is 5.56 Å². The highest BCUT2D eigenvalue weighted by Crippen LogP contribution is 2.18. The number of methoxy groups -OCH3 is 1. The summed E-state index contributed by atoms with van der Waals surface area (Å²) in [7, 11) is 1.59. The summed E-state index contributed by atoms with van der Waals surface area (Å²) in [4.78, 5) is 16.0. The molecule has 0 saturated heterocycles. The molecule has 0 spiro atoms. The average Bonchev–Trinajstić information content (AvgIpc) is 2.40. The predicted molar refractivity (Wildman–Crippen MR) is 65.3 cm³/mol. The fourth-order valence-electron chi connectivity index (χ4n) is 1.65. The molecule has 3 nitrogen and oxygen atoms in total. The average molecular weight is 227 g/mol. The van der Waals surface area contributed by atoms with Gasteiger partial charge in [-0.25, -0.2) is 0 Å². The van der Waals surface area contributed by atoms with Crippen LogP contribution in [0.2, 0.25) is 0 Å². The second-order valence-electron chi connectivity index (χ2n) is 3.65. The summed E-state index contributed by atoms with van der Waals surface area (Å²) in [6.07, 6.45) is 3.62. The van der Waals surface area contributed by atoms with Crippen molar-refractivity contribution >= 4 is 5.78 Å². The summed E-state index contributed by atoms with van der Waals surface area (Å²) in [5.41, 5.74) is 1.52. The summed E-state index contributed by atoms with van der Waals surface area (Å²) >= 11 is 0. The fraction of sp³-hybridized carbons (Fsp3) is 0.143. The third kappa shape index (κ3) is 2.69. The van der Waals surface area contributed by atoms with Crippen LogP contribution in [0.1, 0.15) is 15.9 Å². The van der Waals surface area contributed by atoms with Gasteiger partial charge in [0.1, 0.15) is 5.75 Å². The molecule has 0 fully saturated rings. The van der Waals surface area contributed by atoms with Crippen LogP contribution in [0.15, 0.2) is 48.8 Å². The van der Waals surface area contributed by atoms with Crippen LogP contribution in [0.4, 0.5) is 0 Å². The zero-order chi connectivity index (χ0) is 12.1. The zero-order valence-electron chi connectivity index (χ0n) is 9.59. The van der Waals surface area contributed by atoms with E-state index in [4.69, 9.17) is 4.74 Å². The molecule has 1 aromatic heterocycles. The monoisotopic (exact) mass is 227 g/mol. The molecule has 0 bridgehead atoms. The van der Waals surface area contributed by atoms with Crippen LogP contribution in [-0.4, -0.2) is 17.9 Å². The Balaban J connectivity index is 2.19. The van der Waals surface area contributed by atoms with E-state index in [0.29, 0.717) is 17.7 Å². The lowest BCUT2D eigenvalue weighted by atomic mass is 10.0. The fourth-order valence-corrected chi connectivity index (χ4v) is 1.65. The Bertz CT molecular complexity index is 509. The third-order valence-electron chi connectivity index (χ3n) is 2.53. The molecule has 0 amide bonds. The standard InChI is InChI=1S/C14H13NO2/c1-17-14-7-8-15-10-12(14)9-13(16)11-5-3-2-4-6-11/h2-8,10H,9H2,1H3. The van der Waals surface area contributed by atoms with Crippen molar-refractivity contribution in [2.24, 2.45) is 0 Å². The Labute approximate surface area is 100 Å². The minimum absolute atomic E-state index is 0.0666. The first-order valence-electron chi connectivity index (χ1n) is 5.36. The highest BCUT2D eigenvalue weighted by Gasteiger charge is 2.10. The molecule has 1 aromatic carbocycles. The number of benzene rings is 1. The second-order valence-corrected chi connectivity index (χ2v) is 3.65. The minimum Gasteiger partial charge on any atom is -0.496 e. The van der Waals surface area contributed by atoms with Gasteiger partial charge in [0.25, 0.3) is 0 Å². The van der Waals surface area contributed by atoms with Gasteiger partial charge in [-0.05, 0) is 6.07 Å². The number of pyridine rings is 1. The highest BCUT2D eigenvalue weighted by atomic mass is 16.5. The van der Waals surface area contributed by atoms with E-state index in [2.05, 4.69) is 4.98 Å². The van der Waals surface area contributed by atoms with Gasteiger partial charge in [-0.2, -0.15) is 0 Å². The maximum absolute atomic E-state index is 12.0. The van der Waals surface area contributed by atoms with Gasteiger partial charge in [0, 0.05) is 29.9 Å². The highest BCUT2D eigenvalue weighted by molar-refractivity contribution is 5.97. The number of carbonyl (C=O) groups is 1.